The first-order valence-corrected chi connectivity index (χ1v) is 5.36. The lowest BCUT2D eigenvalue weighted by molar-refractivity contribution is 0.479. The van der Waals surface area contributed by atoms with Crippen LogP contribution in [-0.4, -0.2) is 4.98 Å². The molecule has 0 atom stereocenters. The summed E-state index contributed by atoms with van der Waals surface area (Å²) in [5.41, 5.74) is 1.48. The van der Waals surface area contributed by atoms with Crippen LogP contribution in [0.25, 0.3) is 0 Å². The van der Waals surface area contributed by atoms with E-state index in [0.717, 1.165) is 5.56 Å². The Morgan fingerprint density at radius 1 is 1.29 bits per heavy atom. The Labute approximate surface area is 104 Å². The van der Waals surface area contributed by atoms with Crippen molar-refractivity contribution in [1.29, 1.82) is 5.26 Å². The van der Waals surface area contributed by atoms with Crippen LogP contribution in [-0.2, 0) is 0 Å². The third kappa shape index (κ3) is 2.55. The second kappa shape index (κ2) is 4.86. The van der Waals surface area contributed by atoms with E-state index in [4.69, 9.17) is 21.6 Å². The molecule has 0 fully saturated rings. The molecule has 3 nitrogen and oxygen atoms in total. The van der Waals surface area contributed by atoms with E-state index in [1.165, 1.54) is 6.20 Å². The molecule has 0 amide bonds. The lowest BCUT2D eigenvalue weighted by Gasteiger charge is -2.08. The summed E-state index contributed by atoms with van der Waals surface area (Å²) in [5, 5.41) is 9.43. The molecule has 1 aromatic carbocycles. The molecule has 0 aliphatic carbocycles. The molecule has 84 valence electrons. The molecule has 1 heterocycles. The van der Waals surface area contributed by atoms with Crippen LogP contribution >= 0.6 is 11.6 Å². The molecular weight excluding hydrogens is 236 g/mol. The topological polar surface area (TPSA) is 45.9 Å². The molecule has 0 unspecified atom stereocenters. The van der Waals surface area contributed by atoms with E-state index in [2.05, 4.69) is 4.98 Å². The van der Waals surface area contributed by atoms with Crippen molar-refractivity contribution in [1.82, 2.24) is 4.98 Å². The van der Waals surface area contributed by atoms with E-state index in [9.17, 15) is 0 Å². The normalized spacial score (nSPS) is 9.71. The van der Waals surface area contributed by atoms with E-state index in [1.807, 2.05) is 19.1 Å². The van der Waals surface area contributed by atoms with E-state index < -0.39 is 0 Å². The van der Waals surface area contributed by atoms with Gasteiger partial charge >= 0.3 is 0 Å². The van der Waals surface area contributed by atoms with Crippen molar-refractivity contribution in [3.05, 3.63) is 52.8 Å². The molecule has 2 aromatic rings. The summed E-state index contributed by atoms with van der Waals surface area (Å²) in [7, 11) is 0. The maximum atomic E-state index is 8.92. The maximum Gasteiger partial charge on any atom is 0.163 e. The Bertz CT molecular complexity index is 590. The van der Waals surface area contributed by atoms with Crippen molar-refractivity contribution in [3.63, 3.8) is 0 Å². The summed E-state index contributed by atoms with van der Waals surface area (Å²) < 4.78 is 5.57. The first-order valence-electron chi connectivity index (χ1n) is 4.99. The van der Waals surface area contributed by atoms with Crippen molar-refractivity contribution in [2.45, 2.75) is 6.92 Å². The average Bonchev–Trinajstić information content (AvgIpc) is 2.33. The van der Waals surface area contributed by atoms with Crippen LogP contribution < -0.4 is 4.74 Å². The summed E-state index contributed by atoms with van der Waals surface area (Å²) in [4.78, 5) is 3.92. The summed E-state index contributed by atoms with van der Waals surface area (Å²) in [6, 6.07) is 9.10. The molecule has 0 bridgehead atoms. The van der Waals surface area contributed by atoms with E-state index in [0.29, 0.717) is 22.1 Å². The van der Waals surface area contributed by atoms with Crippen LogP contribution in [0.2, 0.25) is 5.02 Å². The third-order valence-corrected chi connectivity index (χ3v) is 2.51. The van der Waals surface area contributed by atoms with Gasteiger partial charge in [-0.3, -0.25) is 4.98 Å². The van der Waals surface area contributed by atoms with Gasteiger partial charge in [0, 0.05) is 6.20 Å². The number of nitriles is 1. The smallest absolute Gasteiger partial charge is 0.163 e. The number of benzene rings is 1. The van der Waals surface area contributed by atoms with Gasteiger partial charge in [0.1, 0.15) is 11.8 Å². The van der Waals surface area contributed by atoms with Crippen molar-refractivity contribution < 1.29 is 4.74 Å². The van der Waals surface area contributed by atoms with Crippen LogP contribution in [0.15, 0.2) is 36.7 Å². The van der Waals surface area contributed by atoms with Crippen LogP contribution in [0.4, 0.5) is 0 Å². The minimum Gasteiger partial charge on any atom is -0.453 e. The van der Waals surface area contributed by atoms with Crippen molar-refractivity contribution in [2.24, 2.45) is 0 Å². The largest absolute Gasteiger partial charge is 0.453 e. The zero-order valence-electron chi connectivity index (χ0n) is 9.14. The van der Waals surface area contributed by atoms with Gasteiger partial charge in [0.25, 0.3) is 0 Å². The number of halogens is 1. The highest BCUT2D eigenvalue weighted by molar-refractivity contribution is 6.32. The molecule has 0 saturated carbocycles. The third-order valence-electron chi connectivity index (χ3n) is 2.21. The van der Waals surface area contributed by atoms with Crippen LogP contribution in [0, 0.1) is 18.3 Å². The molecule has 0 aliphatic heterocycles. The lowest BCUT2D eigenvalue weighted by Crippen LogP contribution is -1.90. The minimum atomic E-state index is 0.403. The molecule has 0 N–H and O–H groups in total. The number of hydrogen-bond donors (Lipinski definition) is 0. The van der Waals surface area contributed by atoms with E-state index in [-0.39, 0.29) is 0 Å². The highest BCUT2D eigenvalue weighted by Gasteiger charge is 2.07. The highest BCUT2D eigenvalue weighted by Crippen LogP contribution is 2.30. The first kappa shape index (κ1) is 11.4. The maximum absolute atomic E-state index is 8.92. The molecule has 2 rings (SSSR count). The molecule has 0 saturated heterocycles. The SMILES string of the molecule is Cc1ccc(Oc2cnccc2C#N)c(Cl)c1. The van der Waals surface area contributed by atoms with Gasteiger partial charge in [0.15, 0.2) is 5.75 Å². The fourth-order valence-corrected chi connectivity index (χ4v) is 1.63. The molecular formula is C13H9ClN2O. The van der Waals surface area contributed by atoms with E-state index in [1.54, 1.807) is 24.4 Å². The number of aryl methyl sites for hydroxylation is 1. The highest BCUT2D eigenvalue weighted by atomic mass is 35.5. The number of nitrogens with zero attached hydrogens (tertiary/aromatic N) is 2. The standard InChI is InChI=1S/C13H9ClN2O/c1-9-2-3-12(11(14)6-9)17-13-8-16-5-4-10(13)7-15/h2-6,8H,1H3. The first-order chi connectivity index (χ1) is 8.20. The van der Waals surface area contributed by atoms with Gasteiger partial charge in [-0.15, -0.1) is 0 Å². The predicted octanol–water partition coefficient (Wildman–Crippen LogP) is 3.71. The summed E-state index contributed by atoms with van der Waals surface area (Å²) in [6.45, 7) is 1.94. The molecule has 0 radical (unpaired) electrons. The number of rotatable bonds is 2. The summed E-state index contributed by atoms with van der Waals surface area (Å²) >= 11 is 6.05. The zero-order valence-corrected chi connectivity index (χ0v) is 9.90. The van der Waals surface area contributed by atoms with Gasteiger partial charge in [0.05, 0.1) is 16.8 Å². The van der Waals surface area contributed by atoms with Crippen LogP contribution in [0.1, 0.15) is 11.1 Å². The van der Waals surface area contributed by atoms with Gasteiger partial charge in [0.2, 0.25) is 0 Å². The Kier molecular flexibility index (Phi) is 3.27. The van der Waals surface area contributed by atoms with Gasteiger partial charge < -0.3 is 4.74 Å². The van der Waals surface area contributed by atoms with Crippen molar-refractivity contribution >= 4 is 11.6 Å². The van der Waals surface area contributed by atoms with Crippen LogP contribution in [0.3, 0.4) is 0 Å². The second-order valence-corrected chi connectivity index (χ2v) is 3.93. The van der Waals surface area contributed by atoms with E-state index >= 15 is 0 Å². The minimum absolute atomic E-state index is 0.403. The number of ether oxygens (including phenoxy) is 1. The Morgan fingerprint density at radius 3 is 2.82 bits per heavy atom. The number of aromatic nitrogens is 1. The Balaban J connectivity index is 2.35. The second-order valence-electron chi connectivity index (χ2n) is 3.52. The quantitative estimate of drug-likeness (QED) is 0.809. The zero-order chi connectivity index (χ0) is 12.3. The molecule has 0 spiro atoms. The fraction of sp³-hybridized carbons (Fsp3) is 0.0769. The number of pyridine rings is 1. The van der Waals surface area contributed by atoms with Crippen molar-refractivity contribution in [2.75, 3.05) is 0 Å². The summed E-state index contributed by atoms with van der Waals surface area (Å²) in [6.07, 6.45) is 3.04. The van der Waals surface area contributed by atoms with Gasteiger partial charge in [-0.05, 0) is 30.7 Å². The van der Waals surface area contributed by atoms with Gasteiger partial charge in [-0.2, -0.15) is 5.26 Å². The number of hydrogen-bond acceptors (Lipinski definition) is 3. The van der Waals surface area contributed by atoms with Gasteiger partial charge in [-0.25, -0.2) is 0 Å². The average molecular weight is 245 g/mol. The monoisotopic (exact) mass is 244 g/mol. The molecule has 0 aliphatic rings. The summed E-state index contributed by atoms with van der Waals surface area (Å²) in [5.74, 6) is 0.919. The molecule has 17 heavy (non-hydrogen) atoms. The van der Waals surface area contributed by atoms with Crippen LogP contribution in [0.5, 0.6) is 11.5 Å². The van der Waals surface area contributed by atoms with Gasteiger partial charge in [-0.1, -0.05) is 17.7 Å². The fourth-order valence-electron chi connectivity index (χ4n) is 1.36. The Morgan fingerprint density at radius 2 is 2.12 bits per heavy atom. The predicted molar refractivity (Wildman–Crippen MR) is 65.2 cm³/mol. The Hall–Kier alpha value is -2.05. The molecule has 1 aromatic heterocycles. The lowest BCUT2D eigenvalue weighted by atomic mass is 10.2. The molecule has 4 heteroatoms. The van der Waals surface area contributed by atoms with Crippen molar-refractivity contribution in [3.8, 4) is 17.6 Å².